The molecule has 0 N–H and O–H groups in total. The molecule has 0 bridgehead atoms. The average molecular weight is 236 g/mol. The van der Waals surface area contributed by atoms with Crippen LogP contribution < -0.4 is 0 Å². The Balaban J connectivity index is 2.56. The van der Waals surface area contributed by atoms with Crippen molar-refractivity contribution in [2.75, 3.05) is 0 Å². The van der Waals surface area contributed by atoms with Gasteiger partial charge in [0.2, 0.25) is 0 Å². The molecule has 0 spiro atoms. The highest BCUT2D eigenvalue weighted by atomic mass is 19.1. The van der Waals surface area contributed by atoms with Crippen LogP contribution in [0.25, 0.3) is 11.1 Å². The summed E-state index contributed by atoms with van der Waals surface area (Å²) in [7, 11) is 0. The van der Waals surface area contributed by atoms with Crippen LogP contribution in [0.1, 0.15) is 10.4 Å². The van der Waals surface area contributed by atoms with Gasteiger partial charge in [-0.15, -0.1) is 0 Å². The minimum Gasteiger partial charge on any atom is -0.298 e. The van der Waals surface area contributed by atoms with Crippen molar-refractivity contribution in [3.05, 3.63) is 59.4 Å². The highest BCUT2D eigenvalue weighted by molar-refractivity contribution is 5.77. The molecule has 0 unspecified atom stereocenters. The molecule has 0 fully saturated rings. The molecule has 2 aromatic carbocycles. The third kappa shape index (κ3) is 2.36. The van der Waals surface area contributed by atoms with E-state index in [2.05, 4.69) is 0 Å². The summed E-state index contributed by atoms with van der Waals surface area (Å²) in [5, 5.41) is 0. The van der Waals surface area contributed by atoms with Gasteiger partial charge in [0.05, 0.1) is 0 Å². The molecule has 2 aromatic rings. The number of aldehydes is 1. The number of hydrogen-bond acceptors (Lipinski definition) is 1. The second kappa shape index (κ2) is 4.41. The van der Waals surface area contributed by atoms with Crippen molar-refractivity contribution < 1.29 is 18.0 Å². The molecule has 0 aliphatic rings. The maximum atomic E-state index is 13.6. The maximum Gasteiger partial charge on any atom is 0.150 e. The Kier molecular flexibility index (Phi) is 2.95. The first-order chi connectivity index (χ1) is 8.10. The van der Waals surface area contributed by atoms with Crippen LogP contribution in [0.2, 0.25) is 0 Å². The first-order valence-electron chi connectivity index (χ1n) is 4.81. The fourth-order valence-corrected chi connectivity index (χ4v) is 1.55. The molecule has 2 rings (SSSR count). The number of carbonyl (C=O) groups excluding carboxylic acids is 1. The lowest BCUT2D eigenvalue weighted by Gasteiger charge is -2.04. The third-order valence-electron chi connectivity index (χ3n) is 2.30. The van der Waals surface area contributed by atoms with Crippen LogP contribution in [0.3, 0.4) is 0 Å². The van der Waals surface area contributed by atoms with E-state index in [9.17, 15) is 18.0 Å². The van der Waals surface area contributed by atoms with Crippen molar-refractivity contribution in [1.82, 2.24) is 0 Å². The molecule has 0 aromatic heterocycles. The van der Waals surface area contributed by atoms with Gasteiger partial charge in [0.25, 0.3) is 0 Å². The monoisotopic (exact) mass is 236 g/mol. The standard InChI is InChI=1S/C13H7F3O/c14-10-4-9(5-11(15)6-10)12-2-1-8(7-17)3-13(12)16/h1-7H. The van der Waals surface area contributed by atoms with Crippen molar-refractivity contribution >= 4 is 6.29 Å². The van der Waals surface area contributed by atoms with E-state index in [1.807, 2.05) is 0 Å². The Morgan fingerprint density at radius 3 is 2.06 bits per heavy atom. The largest absolute Gasteiger partial charge is 0.298 e. The molecular formula is C13H7F3O. The van der Waals surface area contributed by atoms with E-state index in [0.29, 0.717) is 12.4 Å². The van der Waals surface area contributed by atoms with Crippen LogP contribution in [-0.2, 0) is 0 Å². The van der Waals surface area contributed by atoms with Gasteiger partial charge in [-0.05, 0) is 23.8 Å². The summed E-state index contributed by atoms with van der Waals surface area (Å²) in [4.78, 5) is 10.4. The molecular weight excluding hydrogens is 229 g/mol. The first kappa shape index (κ1) is 11.4. The van der Waals surface area contributed by atoms with Crippen molar-refractivity contribution in [2.24, 2.45) is 0 Å². The van der Waals surface area contributed by atoms with Gasteiger partial charge in [0.15, 0.2) is 0 Å². The summed E-state index contributed by atoms with van der Waals surface area (Å²) in [6.07, 6.45) is 0.499. The lowest BCUT2D eigenvalue weighted by molar-refractivity contribution is 0.112. The number of rotatable bonds is 2. The summed E-state index contributed by atoms with van der Waals surface area (Å²) in [6, 6.07) is 6.48. The molecule has 0 radical (unpaired) electrons. The number of hydrogen-bond donors (Lipinski definition) is 0. The molecule has 17 heavy (non-hydrogen) atoms. The molecule has 86 valence electrons. The lowest BCUT2D eigenvalue weighted by atomic mass is 10.0. The Labute approximate surface area is 95.5 Å². The van der Waals surface area contributed by atoms with Crippen LogP contribution in [-0.4, -0.2) is 6.29 Å². The zero-order valence-electron chi connectivity index (χ0n) is 8.58. The van der Waals surface area contributed by atoms with E-state index in [-0.39, 0.29) is 16.7 Å². The number of carbonyl (C=O) groups is 1. The van der Waals surface area contributed by atoms with Crippen molar-refractivity contribution in [2.45, 2.75) is 0 Å². The molecule has 0 heterocycles. The quantitative estimate of drug-likeness (QED) is 0.728. The van der Waals surface area contributed by atoms with Gasteiger partial charge < -0.3 is 0 Å². The molecule has 0 atom stereocenters. The van der Waals surface area contributed by atoms with Crippen LogP contribution in [0, 0.1) is 17.5 Å². The summed E-state index contributed by atoms with van der Waals surface area (Å²) in [5.74, 6) is -2.25. The smallest absolute Gasteiger partial charge is 0.150 e. The molecule has 0 saturated heterocycles. The SMILES string of the molecule is O=Cc1ccc(-c2cc(F)cc(F)c2)c(F)c1. The van der Waals surface area contributed by atoms with Crippen LogP contribution in [0.4, 0.5) is 13.2 Å². The predicted octanol–water partition coefficient (Wildman–Crippen LogP) is 3.58. The minimum absolute atomic E-state index is 0.0500. The molecule has 0 aliphatic heterocycles. The van der Waals surface area contributed by atoms with Crippen LogP contribution in [0.15, 0.2) is 36.4 Å². The van der Waals surface area contributed by atoms with E-state index in [1.54, 1.807) is 0 Å². The second-order valence-electron chi connectivity index (χ2n) is 3.52. The Morgan fingerprint density at radius 2 is 1.53 bits per heavy atom. The Hall–Kier alpha value is -2.10. The van der Waals surface area contributed by atoms with Crippen molar-refractivity contribution in [1.29, 1.82) is 0 Å². The van der Waals surface area contributed by atoms with Crippen LogP contribution in [0.5, 0.6) is 0 Å². The minimum atomic E-state index is -0.779. The highest BCUT2D eigenvalue weighted by Crippen LogP contribution is 2.25. The van der Waals surface area contributed by atoms with Gasteiger partial charge in [-0.3, -0.25) is 4.79 Å². The molecule has 1 nitrogen and oxygen atoms in total. The van der Waals surface area contributed by atoms with Crippen LogP contribution >= 0.6 is 0 Å². The van der Waals surface area contributed by atoms with Gasteiger partial charge >= 0.3 is 0 Å². The normalized spacial score (nSPS) is 10.3. The van der Waals surface area contributed by atoms with Crippen molar-refractivity contribution in [3.8, 4) is 11.1 Å². The summed E-state index contributed by atoms with van der Waals surface area (Å²) < 4.78 is 39.5. The second-order valence-corrected chi connectivity index (χ2v) is 3.52. The van der Waals surface area contributed by atoms with E-state index in [1.165, 1.54) is 12.1 Å². The summed E-state index contributed by atoms with van der Waals surface area (Å²) in [6.45, 7) is 0. The maximum absolute atomic E-state index is 13.6. The van der Waals surface area contributed by atoms with E-state index >= 15 is 0 Å². The number of benzene rings is 2. The van der Waals surface area contributed by atoms with Gasteiger partial charge in [0, 0.05) is 17.2 Å². The fraction of sp³-hybridized carbons (Fsp3) is 0. The van der Waals surface area contributed by atoms with Gasteiger partial charge in [-0.2, -0.15) is 0 Å². The third-order valence-corrected chi connectivity index (χ3v) is 2.30. The zero-order chi connectivity index (χ0) is 12.4. The highest BCUT2D eigenvalue weighted by Gasteiger charge is 2.08. The summed E-state index contributed by atoms with van der Waals surface area (Å²) in [5.41, 5.74) is 0.314. The topological polar surface area (TPSA) is 17.1 Å². The van der Waals surface area contributed by atoms with Gasteiger partial charge in [-0.25, -0.2) is 13.2 Å². The molecule has 0 saturated carbocycles. The first-order valence-corrected chi connectivity index (χ1v) is 4.81. The number of halogens is 3. The summed E-state index contributed by atoms with van der Waals surface area (Å²) >= 11 is 0. The molecule has 0 aliphatic carbocycles. The predicted molar refractivity (Wildman–Crippen MR) is 57.1 cm³/mol. The fourth-order valence-electron chi connectivity index (χ4n) is 1.55. The van der Waals surface area contributed by atoms with E-state index < -0.39 is 17.5 Å². The average Bonchev–Trinajstić information content (AvgIpc) is 2.27. The lowest BCUT2D eigenvalue weighted by Crippen LogP contribution is -1.90. The molecule has 0 amide bonds. The van der Waals surface area contributed by atoms with E-state index in [4.69, 9.17) is 0 Å². The van der Waals surface area contributed by atoms with Gasteiger partial charge in [0.1, 0.15) is 23.7 Å². The van der Waals surface area contributed by atoms with Crippen molar-refractivity contribution in [3.63, 3.8) is 0 Å². The Bertz CT molecular complexity index is 559. The zero-order valence-corrected chi connectivity index (χ0v) is 8.58. The molecule has 4 heteroatoms. The Morgan fingerprint density at radius 1 is 0.882 bits per heavy atom. The van der Waals surface area contributed by atoms with Gasteiger partial charge in [-0.1, -0.05) is 12.1 Å². The van der Waals surface area contributed by atoms with E-state index in [0.717, 1.165) is 18.2 Å².